The zero-order chi connectivity index (χ0) is 52.6. The van der Waals surface area contributed by atoms with Gasteiger partial charge in [0.25, 0.3) is 0 Å². The Morgan fingerprint density at radius 3 is 1.09 bits per heavy atom. The van der Waals surface area contributed by atoms with Gasteiger partial charge in [0.1, 0.15) is 0 Å². The van der Waals surface area contributed by atoms with Crippen LogP contribution in [0.4, 0.5) is 17.1 Å². The van der Waals surface area contributed by atoms with Gasteiger partial charge in [0, 0.05) is 39.4 Å². The molecule has 0 amide bonds. The maximum absolute atomic E-state index is 7.39. The fourth-order valence-electron chi connectivity index (χ4n) is 12.7. The molecule has 1 aliphatic heterocycles. The molecule has 0 atom stereocenters. The molecule has 79 heavy (non-hydrogen) atoms. The summed E-state index contributed by atoms with van der Waals surface area (Å²) in [7, 11) is -2.90. The van der Waals surface area contributed by atoms with Gasteiger partial charge in [-0.1, -0.05) is 199 Å². The summed E-state index contributed by atoms with van der Waals surface area (Å²) in [6.07, 6.45) is 0. The molecule has 14 aromatic rings. The smallest absolute Gasteiger partial charge is 0.179 e. The van der Waals surface area contributed by atoms with Gasteiger partial charge in [-0.2, -0.15) is 0 Å². The minimum atomic E-state index is -2.90. The number of aryl methyl sites for hydroxylation is 2. The number of hydrogen-bond donors (Lipinski definition) is 0. The first-order chi connectivity index (χ1) is 39.0. The van der Waals surface area contributed by atoms with Crippen LogP contribution >= 0.6 is 0 Å². The third kappa shape index (κ3) is 7.57. The van der Waals surface area contributed by atoms with E-state index in [1.807, 2.05) is 0 Å². The Morgan fingerprint density at radius 2 is 0.658 bits per heavy atom. The van der Waals surface area contributed by atoms with Gasteiger partial charge in [-0.05, 0) is 142 Å². The first-order valence-corrected chi connectivity index (χ1v) is 29.2. The van der Waals surface area contributed by atoms with Gasteiger partial charge in [-0.25, -0.2) is 0 Å². The summed E-state index contributed by atoms with van der Waals surface area (Å²) in [5.41, 5.74) is 16.9. The van der Waals surface area contributed by atoms with E-state index in [4.69, 9.17) is 4.74 Å². The minimum absolute atomic E-state index is 0.774. The number of rotatable bonds is 9. The van der Waals surface area contributed by atoms with Crippen LogP contribution in [0.1, 0.15) is 11.1 Å². The van der Waals surface area contributed by atoms with Crippen LogP contribution in [-0.4, -0.2) is 17.2 Å². The molecule has 0 spiro atoms. The molecule has 0 bridgehead atoms. The number of aromatic nitrogens is 2. The molecule has 374 valence electrons. The largest absolute Gasteiger partial charge is 0.453 e. The molecule has 5 heteroatoms. The van der Waals surface area contributed by atoms with Crippen LogP contribution in [0.25, 0.3) is 77.2 Å². The quantitative estimate of drug-likeness (QED) is 0.106. The third-order valence-corrected chi connectivity index (χ3v) is 21.1. The molecule has 0 fully saturated rings. The van der Waals surface area contributed by atoms with Crippen LogP contribution < -0.4 is 30.4 Å². The van der Waals surface area contributed by atoms with E-state index in [1.54, 1.807) is 0 Å². The highest BCUT2D eigenvalue weighted by Gasteiger charge is 2.42. The molecule has 0 aliphatic carbocycles. The number of benzene rings is 12. The van der Waals surface area contributed by atoms with Crippen molar-refractivity contribution in [2.45, 2.75) is 13.8 Å². The molecule has 1 aliphatic rings. The third-order valence-electron chi connectivity index (χ3n) is 16.3. The molecule has 2 aromatic heterocycles. The van der Waals surface area contributed by atoms with Crippen molar-refractivity contribution >= 4 is 89.5 Å². The van der Waals surface area contributed by atoms with Crippen molar-refractivity contribution in [2.75, 3.05) is 4.90 Å². The highest BCUT2D eigenvalue weighted by atomic mass is 28.3. The number of nitrogens with zero attached hydrogens (tertiary/aromatic N) is 3. The SMILES string of the molecule is Cc1ccc2c(c1)c1cc(C)ccc1n2-c1ccc2c(c1)Oc1cc(-n3c4ccc(-c5ccccc5)cc4c4cc(-c5ccccc5)ccc43)ccc1N2c1cccc([Si](c2ccccc2)(c2ccccc2)c2ccccc2)c1. The molecule has 0 saturated heterocycles. The van der Waals surface area contributed by atoms with Crippen molar-refractivity contribution in [1.82, 2.24) is 9.13 Å². The lowest BCUT2D eigenvalue weighted by Gasteiger charge is -2.37. The number of fused-ring (bicyclic) bond motifs is 8. The van der Waals surface area contributed by atoms with Crippen molar-refractivity contribution < 1.29 is 4.74 Å². The molecule has 0 saturated carbocycles. The Balaban J connectivity index is 0.958. The molecule has 3 heterocycles. The Labute approximate surface area is 460 Å². The lowest BCUT2D eigenvalue weighted by atomic mass is 10.0. The topological polar surface area (TPSA) is 22.3 Å². The van der Waals surface area contributed by atoms with Crippen molar-refractivity contribution in [3.8, 4) is 45.1 Å². The number of ether oxygens (including phenoxy) is 1. The fourth-order valence-corrected chi connectivity index (χ4v) is 17.5. The molecular weight excluding hydrogens is 975 g/mol. The Morgan fingerprint density at radius 1 is 0.278 bits per heavy atom. The van der Waals surface area contributed by atoms with Crippen molar-refractivity contribution in [2.24, 2.45) is 0 Å². The summed E-state index contributed by atoms with van der Waals surface area (Å²) in [4.78, 5) is 2.42. The first-order valence-electron chi connectivity index (χ1n) is 27.2. The average molecular weight is 1030 g/mol. The summed E-state index contributed by atoms with van der Waals surface area (Å²) in [5.74, 6) is 1.55. The molecule has 4 nitrogen and oxygen atoms in total. The molecule has 0 N–H and O–H groups in total. The highest BCUT2D eigenvalue weighted by Crippen LogP contribution is 2.52. The maximum atomic E-state index is 7.39. The van der Waals surface area contributed by atoms with Gasteiger partial charge < -0.3 is 18.8 Å². The first kappa shape index (κ1) is 46.4. The number of hydrogen-bond acceptors (Lipinski definition) is 2. The van der Waals surface area contributed by atoms with Gasteiger partial charge >= 0.3 is 0 Å². The van der Waals surface area contributed by atoms with E-state index in [2.05, 4.69) is 313 Å². The Hall–Kier alpha value is -9.94. The van der Waals surface area contributed by atoms with Crippen molar-refractivity contribution in [3.63, 3.8) is 0 Å². The van der Waals surface area contributed by atoms with Gasteiger partial charge in [-0.15, -0.1) is 0 Å². The van der Waals surface area contributed by atoms with Gasteiger partial charge in [-0.3, -0.25) is 0 Å². The van der Waals surface area contributed by atoms with Gasteiger partial charge in [0.2, 0.25) is 0 Å². The fraction of sp³-hybridized carbons (Fsp3) is 0.0270. The molecule has 15 rings (SSSR count). The van der Waals surface area contributed by atoms with E-state index in [0.717, 1.165) is 62.0 Å². The standard InChI is InChI=1S/C74H53N3OSi/c1-50-31-37-67-63(43-50)64-44-51(2)32-38-68(64)75(67)57-35-41-71-73(48-57)78-74-49-58(76-69-39-33-54(52-19-8-3-9-20-52)45-65(69)66-46-55(34-40-70(66)76)53-21-10-4-11-22-53)36-42-72(74)77(71)56-23-18-30-62(47-56)79(59-24-12-5-13-25-59,60-26-14-6-15-27-60)61-28-16-7-17-29-61/h3-49H,1-2H3. The lowest BCUT2D eigenvalue weighted by molar-refractivity contribution is 0.476. The van der Waals surface area contributed by atoms with E-state index in [9.17, 15) is 0 Å². The van der Waals surface area contributed by atoms with Crippen molar-refractivity contribution in [1.29, 1.82) is 0 Å². The Bertz CT molecular complexity index is 4390. The van der Waals surface area contributed by atoms with E-state index in [-0.39, 0.29) is 0 Å². The van der Waals surface area contributed by atoms with Crippen LogP contribution in [0.2, 0.25) is 0 Å². The van der Waals surface area contributed by atoms with Gasteiger partial charge in [0.05, 0.1) is 44.8 Å². The van der Waals surface area contributed by atoms with E-state index >= 15 is 0 Å². The van der Waals surface area contributed by atoms with E-state index in [1.165, 1.54) is 75.7 Å². The summed E-state index contributed by atoms with van der Waals surface area (Å²) in [6.45, 7) is 4.35. The molecule has 0 radical (unpaired) electrons. The van der Waals surface area contributed by atoms with Crippen LogP contribution in [0.3, 0.4) is 0 Å². The molecular formula is C74H53N3OSi. The molecule has 12 aromatic carbocycles. The number of anilines is 3. The summed E-state index contributed by atoms with van der Waals surface area (Å²) in [5, 5.41) is 10.2. The Kier molecular flexibility index (Phi) is 11.0. The van der Waals surface area contributed by atoms with E-state index in [0.29, 0.717) is 0 Å². The van der Waals surface area contributed by atoms with E-state index < -0.39 is 8.07 Å². The zero-order valence-corrected chi connectivity index (χ0v) is 44.9. The molecule has 0 unspecified atom stereocenters. The highest BCUT2D eigenvalue weighted by molar-refractivity contribution is 7.20. The summed E-state index contributed by atoms with van der Waals surface area (Å²) < 4.78 is 12.2. The monoisotopic (exact) mass is 1030 g/mol. The predicted molar refractivity (Wildman–Crippen MR) is 334 cm³/mol. The van der Waals surface area contributed by atoms with Crippen LogP contribution in [0.5, 0.6) is 11.5 Å². The second-order valence-electron chi connectivity index (χ2n) is 21.0. The zero-order valence-electron chi connectivity index (χ0n) is 43.9. The minimum Gasteiger partial charge on any atom is -0.453 e. The van der Waals surface area contributed by atoms with Crippen LogP contribution in [-0.2, 0) is 0 Å². The second kappa shape index (κ2) is 18.7. The lowest BCUT2D eigenvalue weighted by Crippen LogP contribution is -2.74. The predicted octanol–water partition coefficient (Wildman–Crippen LogP) is 16.8. The van der Waals surface area contributed by atoms with Crippen LogP contribution in [0.15, 0.2) is 285 Å². The van der Waals surface area contributed by atoms with Crippen LogP contribution in [0, 0.1) is 13.8 Å². The maximum Gasteiger partial charge on any atom is 0.179 e. The van der Waals surface area contributed by atoms with Gasteiger partial charge in [0.15, 0.2) is 19.6 Å². The normalized spacial score (nSPS) is 12.3. The summed E-state index contributed by atoms with van der Waals surface area (Å²) >= 11 is 0. The van der Waals surface area contributed by atoms with Crippen molar-refractivity contribution in [3.05, 3.63) is 296 Å². The average Bonchev–Trinajstić information content (AvgIpc) is 4.09. The second-order valence-corrected chi connectivity index (χ2v) is 24.9. The summed E-state index contributed by atoms with van der Waals surface area (Å²) in [6, 6.07) is 105.